The van der Waals surface area contributed by atoms with Crippen LogP contribution >= 0.6 is 0 Å². The molecule has 1 aliphatic rings. The Kier molecular flexibility index (Phi) is 6.32. The van der Waals surface area contributed by atoms with E-state index in [2.05, 4.69) is 11.8 Å². The van der Waals surface area contributed by atoms with E-state index in [9.17, 15) is 4.39 Å². The molecule has 30 heavy (non-hydrogen) atoms. The summed E-state index contributed by atoms with van der Waals surface area (Å²) in [5.41, 5.74) is 10.3. The molecule has 152 valence electrons. The van der Waals surface area contributed by atoms with E-state index in [4.69, 9.17) is 15.2 Å². The molecule has 0 atom stereocenters. The second-order valence-electron chi connectivity index (χ2n) is 7.34. The fraction of sp³-hybridized carbons (Fsp3) is 0.231. The number of hydrogen-bond acceptors (Lipinski definition) is 3. The molecular weight excluding hydrogens is 377 g/mol. The van der Waals surface area contributed by atoms with Crippen molar-refractivity contribution in [2.24, 2.45) is 5.92 Å². The van der Waals surface area contributed by atoms with Gasteiger partial charge < -0.3 is 15.2 Å². The fourth-order valence-electron chi connectivity index (χ4n) is 3.52. The number of anilines is 1. The van der Waals surface area contributed by atoms with Crippen LogP contribution in [0.3, 0.4) is 0 Å². The molecule has 4 heteroatoms. The molecule has 0 aliphatic carbocycles. The number of nitrogen functional groups attached to an aromatic ring is 1. The molecule has 1 saturated heterocycles. The Bertz CT molecular complexity index is 1060. The van der Waals surface area contributed by atoms with Crippen LogP contribution in [0.1, 0.15) is 24.0 Å². The van der Waals surface area contributed by atoms with Crippen molar-refractivity contribution in [1.29, 1.82) is 0 Å². The van der Waals surface area contributed by atoms with Gasteiger partial charge >= 0.3 is 0 Å². The summed E-state index contributed by atoms with van der Waals surface area (Å²) in [6.07, 6.45) is 1.86. The molecule has 1 aliphatic heterocycles. The molecule has 0 amide bonds. The summed E-state index contributed by atoms with van der Waals surface area (Å²) in [4.78, 5) is 0. The lowest BCUT2D eigenvalue weighted by Gasteiger charge is -2.17. The topological polar surface area (TPSA) is 44.5 Å². The van der Waals surface area contributed by atoms with Crippen molar-refractivity contribution in [3.8, 4) is 28.7 Å². The first kappa shape index (κ1) is 20.0. The van der Waals surface area contributed by atoms with Crippen molar-refractivity contribution >= 4 is 5.69 Å². The van der Waals surface area contributed by atoms with Crippen LogP contribution in [0.4, 0.5) is 10.1 Å². The van der Waals surface area contributed by atoms with Crippen molar-refractivity contribution in [3.05, 3.63) is 83.7 Å². The zero-order valence-electron chi connectivity index (χ0n) is 16.7. The van der Waals surface area contributed by atoms with Crippen LogP contribution in [-0.2, 0) is 11.3 Å². The number of halogens is 1. The molecule has 3 aromatic carbocycles. The summed E-state index contributed by atoms with van der Waals surface area (Å²) in [6.45, 7) is 1.83. The van der Waals surface area contributed by atoms with Gasteiger partial charge in [0.2, 0.25) is 0 Å². The molecule has 0 spiro atoms. The number of benzene rings is 3. The summed E-state index contributed by atoms with van der Waals surface area (Å²) >= 11 is 0. The summed E-state index contributed by atoms with van der Waals surface area (Å²) in [6, 6.07) is 20.1. The smallest absolute Gasteiger partial charge is 0.130 e. The first-order valence-corrected chi connectivity index (χ1v) is 10.1. The van der Waals surface area contributed by atoms with Crippen molar-refractivity contribution < 1.29 is 13.9 Å². The standard InChI is InChI=1S/C26H24FNO2/c27-21-10-12-24(26(17-21)30-18-20-5-2-1-3-6-20)22-7-4-8-25(28)23(22)11-9-19-13-15-29-16-14-19/h1-8,10,12,17,19H,13-16,18,28H2. The highest BCUT2D eigenvalue weighted by Gasteiger charge is 2.15. The van der Waals surface area contributed by atoms with Gasteiger partial charge in [0.05, 0.1) is 5.56 Å². The largest absolute Gasteiger partial charge is 0.488 e. The minimum Gasteiger partial charge on any atom is -0.488 e. The summed E-state index contributed by atoms with van der Waals surface area (Å²) in [5.74, 6) is 7.06. The van der Waals surface area contributed by atoms with Gasteiger partial charge in [-0.3, -0.25) is 0 Å². The molecule has 1 fully saturated rings. The molecular formula is C26H24FNO2. The molecule has 0 radical (unpaired) electrons. The molecule has 0 bridgehead atoms. The van der Waals surface area contributed by atoms with Crippen LogP contribution in [-0.4, -0.2) is 13.2 Å². The average molecular weight is 401 g/mol. The van der Waals surface area contributed by atoms with Crippen molar-refractivity contribution in [3.63, 3.8) is 0 Å². The van der Waals surface area contributed by atoms with E-state index in [1.807, 2.05) is 48.5 Å². The van der Waals surface area contributed by atoms with Gasteiger partial charge in [0, 0.05) is 42.0 Å². The Labute approximate surface area is 176 Å². The minimum atomic E-state index is -0.347. The predicted octanol–water partition coefficient (Wildman–Crippen LogP) is 5.43. The molecule has 4 rings (SSSR count). The molecule has 3 nitrogen and oxygen atoms in total. The Morgan fingerprint density at radius 3 is 2.57 bits per heavy atom. The highest BCUT2D eigenvalue weighted by Crippen LogP contribution is 2.35. The summed E-state index contributed by atoms with van der Waals surface area (Å²) in [5, 5.41) is 0. The zero-order chi connectivity index (χ0) is 20.8. The molecule has 3 aromatic rings. The maximum absolute atomic E-state index is 14.0. The van der Waals surface area contributed by atoms with E-state index >= 15 is 0 Å². The average Bonchev–Trinajstić information content (AvgIpc) is 2.78. The molecule has 0 unspecified atom stereocenters. The minimum absolute atomic E-state index is 0.299. The van der Waals surface area contributed by atoms with E-state index in [0.29, 0.717) is 24.0 Å². The maximum atomic E-state index is 14.0. The predicted molar refractivity (Wildman–Crippen MR) is 117 cm³/mol. The lowest BCUT2D eigenvalue weighted by molar-refractivity contribution is 0.0807. The maximum Gasteiger partial charge on any atom is 0.130 e. The van der Waals surface area contributed by atoms with E-state index in [-0.39, 0.29) is 5.82 Å². The van der Waals surface area contributed by atoms with Gasteiger partial charge in [0.1, 0.15) is 18.2 Å². The Balaban J connectivity index is 1.68. The second-order valence-corrected chi connectivity index (χ2v) is 7.34. The third-order valence-corrected chi connectivity index (χ3v) is 5.19. The molecule has 2 N–H and O–H groups in total. The van der Waals surface area contributed by atoms with Crippen LogP contribution < -0.4 is 10.5 Å². The van der Waals surface area contributed by atoms with Crippen LogP contribution in [0.25, 0.3) is 11.1 Å². The van der Waals surface area contributed by atoms with Crippen molar-refractivity contribution in [2.75, 3.05) is 18.9 Å². The van der Waals surface area contributed by atoms with Gasteiger partial charge in [-0.05, 0) is 36.6 Å². The van der Waals surface area contributed by atoms with Gasteiger partial charge in [-0.25, -0.2) is 4.39 Å². The first-order chi connectivity index (χ1) is 14.7. The number of rotatable bonds is 4. The van der Waals surface area contributed by atoms with E-state index in [1.165, 1.54) is 12.1 Å². The van der Waals surface area contributed by atoms with Crippen molar-refractivity contribution in [2.45, 2.75) is 19.4 Å². The first-order valence-electron chi connectivity index (χ1n) is 10.1. The fourth-order valence-corrected chi connectivity index (χ4v) is 3.52. The SMILES string of the molecule is Nc1cccc(-c2ccc(F)cc2OCc2ccccc2)c1C#CC1CCOCC1. The van der Waals surface area contributed by atoms with Crippen LogP contribution in [0.2, 0.25) is 0 Å². The molecule has 1 heterocycles. The van der Waals surface area contributed by atoms with Gasteiger partial charge in [-0.1, -0.05) is 54.3 Å². The quantitative estimate of drug-likeness (QED) is 0.468. The van der Waals surface area contributed by atoms with Gasteiger partial charge in [-0.15, -0.1) is 0 Å². The number of nitrogens with two attached hydrogens (primary N) is 1. The monoisotopic (exact) mass is 401 g/mol. The van der Waals surface area contributed by atoms with E-state index < -0.39 is 0 Å². The normalized spacial score (nSPS) is 14.0. The molecule has 0 saturated carbocycles. The Hall–Kier alpha value is -3.29. The van der Waals surface area contributed by atoms with Crippen LogP contribution in [0.5, 0.6) is 5.75 Å². The lowest BCUT2D eigenvalue weighted by atomic mass is 9.95. The highest BCUT2D eigenvalue weighted by molar-refractivity contribution is 5.81. The van der Waals surface area contributed by atoms with E-state index in [1.54, 1.807) is 6.07 Å². The Morgan fingerprint density at radius 1 is 0.967 bits per heavy atom. The highest BCUT2D eigenvalue weighted by atomic mass is 19.1. The third kappa shape index (κ3) is 4.82. The lowest BCUT2D eigenvalue weighted by Crippen LogP contribution is -2.13. The summed E-state index contributed by atoms with van der Waals surface area (Å²) in [7, 11) is 0. The number of hydrogen-bond donors (Lipinski definition) is 1. The zero-order valence-corrected chi connectivity index (χ0v) is 16.7. The summed E-state index contributed by atoms with van der Waals surface area (Å²) < 4.78 is 25.4. The van der Waals surface area contributed by atoms with Crippen LogP contribution in [0, 0.1) is 23.6 Å². The van der Waals surface area contributed by atoms with Crippen LogP contribution in [0.15, 0.2) is 66.7 Å². The Morgan fingerprint density at radius 2 is 1.77 bits per heavy atom. The molecule has 0 aromatic heterocycles. The van der Waals surface area contributed by atoms with Gasteiger partial charge in [-0.2, -0.15) is 0 Å². The van der Waals surface area contributed by atoms with Gasteiger partial charge in [0.25, 0.3) is 0 Å². The van der Waals surface area contributed by atoms with Gasteiger partial charge in [0.15, 0.2) is 0 Å². The number of ether oxygens (including phenoxy) is 2. The second kappa shape index (κ2) is 9.47. The van der Waals surface area contributed by atoms with Crippen molar-refractivity contribution in [1.82, 2.24) is 0 Å². The van der Waals surface area contributed by atoms with E-state index in [0.717, 1.165) is 48.3 Å². The third-order valence-electron chi connectivity index (χ3n) is 5.19.